The van der Waals surface area contributed by atoms with Crippen LogP contribution >= 0.6 is 23.1 Å². The number of halogens is 1. The Balaban J connectivity index is 1.95. The quantitative estimate of drug-likeness (QED) is 0.586. The van der Waals surface area contributed by atoms with Crippen molar-refractivity contribution < 1.29 is 9.18 Å². The Bertz CT molecular complexity index is 875. The molecular formula is C17H15FN4OS2. The maximum atomic E-state index is 13.9. The first-order valence-electron chi connectivity index (χ1n) is 7.60. The summed E-state index contributed by atoms with van der Waals surface area (Å²) in [7, 11) is 0. The van der Waals surface area contributed by atoms with Gasteiger partial charge in [-0.25, -0.2) is 4.39 Å². The van der Waals surface area contributed by atoms with Crippen LogP contribution in [0.25, 0.3) is 6.08 Å². The van der Waals surface area contributed by atoms with Crippen LogP contribution in [0.2, 0.25) is 0 Å². The minimum Gasteiger partial charge on any atom is -0.282 e. The average Bonchev–Trinajstić information content (AvgIpc) is 3.17. The monoisotopic (exact) mass is 374 g/mol. The highest BCUT2D eigenvalue weighted by atomic mass is 32.2. The predicted octanol–water partition coefficient (Wildman–Crippen LogP) is 4.03. The van der Waals surface area contributed by atoms with E-state index in [-0.39, 0.29) is 11.7 Å². The van der Waals surface area contributed by atoms with Crippen LogP contribution in [0.15, 0.2) is 46.8 Å². The number of benzene rings is 1. The molecule has 1 saturated heterocycles. The minimum atomic E-state index is -0.374. The fraction of sp³-hybridized carbons (Fsp3) is 0.176. The largest absolute Gasteiger partial charge is 0.282 e. The molecule has 0 radical (unpaired) electrons. The van der Waals surface area contributed by atoms with Crippen molar-refractivity contribution >= 4 is 45.4 Å². The second-order valence-corrected chi connectivity index (χ2v) is 7.11. The number of aromatic nitrogens is 2. The van der Waals surface area contributed by atoms with E-state index in [9.17, 15) is 9.18 Å². The lowest BCUT2D eigenvalue weighted by Gasteiger charge is -2.11. The molecule has 0 bridgehead atoms. The molecule has 0 spiro atoms. The topological polar surface area (TPSA) is 58.5 Å². The summed E-state index contributed by atoms with van der Waals surface area (Å²) in [6.07, 6.45) is 3.94. The number of thioether (sulfide) groups is 1. The van der Waals surface area contributed by atoms with E-state index in [1.807, 2.05) is 6.92 Å². The molecule has 5 nitrogen and oxygen atoms in total. The zero-order valence-corrected chi connectivity index (χ0v) is 15.1. The highest BCUT2D eigenvalue weighted by Crippen LogP contribution is 2.34. The van der Waals surface area contributed by atoms with Crippen molar-refractivity contribution in [2.75, 3.05) is 6.54 Å². The van der Waals surface area contributed by atoms with Gasteiger partial charge in [0, 0.05) is 12.1 Å². The van der Waals surface area contributed by atoms with Crippen molar-refractivity contribution in [2.45, 2.75) is 13.3 Å². The molecule has 1 aliphatic heterocycles. The molecule has 128 valence electrons. The molecular weight excluding hydrogens is 359 g/mol. The number of amides is 1. The third kappa shape index (κ3) is 3.85. The fourth-order valence-electron chi connectivity index (χ4n) is 2.13. The standard InChI is InChI=1S/C17H15FN4OS2/c1-3-9-22-15(23)13(10-11-7-5-6-8-12(11)18)24-17(22)19-16-21-20-14(4-2)25-16/h3,5-8,10H,1,4,9H2,2H3/b13-10+,19-17-. The summed E-state index contributed by atoms with van der Waals surface area (Å²) < 4.78 is 13.9. The van der Waals surface area contributed by atoms with Gasteiger partial charge in [0.05, 0.1) is 4.91 Å². The summed E-state index contributed by atoms with van der Waals surface area (Å²) in [5.74, 6) is -0.604. The van der Waals surface area contributed by atoms with Crippen LogP contribution in [0.4, 0.5) is 9.52 Å². The van der Waals surface area contributed by atoms with Crippen molar-refractivity contribution in [1.29, 1.82) is 0 Å². The lowest BCUT2D eigenvalue weighted by Crippen LogP contribution is -2.29. The first kappa shape index (κ1) is 17.5. The molecule has 1 aromatic heterocycles. The number of aliphatic imine (C=N–C) groups is 1. The van der Waals surface area contributed by atoms with E-state index >= 15 is 0 Å². The van der Waals surface area contributed by atoms with Gasteiger partial charge in [0.1, 0.15) is 10.8 Å². The summed E-state index contributed by atoms with van der Waals surface area (Å²) in [5.41, 5.74) is 0.363. The summed E-state index contributed by atoms with van der Waals surface area (Å²) in [5, 5.41) is 9.91. The zero-order chi connectivity index (χ0) is 17.8. The summed E-state index contributed by atoms with van der Waals surface area (Å²) in [4.78, 5) is 19.0. The molecule has 1 fully saturated rings. The van der Waals surface area contributed by atoms with Crippen molar-refractivity contribution in [3.8, 4) is 0 Å². The van der Waals surface area contributed by atoms with Gasteiger partial charge < -0.3 is 0 Å². The van der Waals surface area contributed by atoms with Crippen molar-refractivity contribution in [2.24, 2.45) is 4.99 Å². The minimum absolute atomic E-state index is 0.230. The van der Waals surface area contributed by atoms with Gasteiger partial charge in [-0.15, -0.1) is 16.8 Å². The van der Waals surface area contributed by atoms with Crippen molar-refractivity contribution in [1.82, 2.24) is 15.1 Å². The lowest BCUT2D eigenvalue weighted by molar-refractivity contribution is -0.121. The zero-order valence-electron chi connectivity index (χ0n) is 13.5. The van der Waals surface area contributed by atoms with Crippen LogP contribution in [-0.2, 0) is 11.2 Å². The number of hydrogen-bond acceptors (Lipinski definition) is 6. The summed E-state index contributed by atoms with van der Waals surface area (Å²) in [6, 6.07) is 6.32. The van der Waals surface area contributed by atoms with Crippen LogP contribution < -0.4 is 0 Å². The van der Waals surface area contributed by atoms with E-state index in [0.29, 0.717) is 27.3 Å². The number of amidine groups is 1. The molecule has 3 rings (SSSR count). The molecule has 8 heteroatoms. The number of aryl methyl sites for hydroxylation is 1. The molecule has 2 aromatic rings. The Morgan fingerprint density at radius 1 is 1.36 bits per heavy atom. The SMILES string of the molecule is C=CCN1C(=O)/C(=C\c2ccccc2F)S/C1=N\c1nnc(CC)s1. The second kappa shape index (κ2) is 7.71. The predicted molar refractivity (Wildman–Crippen MR) is 100 cm³/mol. The maximum Gasteiger partial charge on any atom is 0.267 e. The van der Waals surface area contributed by atoms with Gasteiger partial charge in [-0.05, 0) is 30.3 Å². The van der Waals surface area contributed by atoms with E-state index in [0.717, 1.165) is 11.4 Å². The second-order valence-electron chi connectivity index (χ2n) is 5.06. The highest BCUT2D eigenvalue weighted by Gasteiger charge is 2.33. The average molecular weight is 374 g/mol. The van der Waals surface area contributed by atoms with Gasteiger partial charge in [-0.2, -0.15) is 4.99 Å². The van der Waals surface area contributed by atoms with Crippen molar-refractivity contribution in [3.05, 3.63) is 58.2 Å². The Hall–Kier alpha value is -2.32. The molecule has 25 heavy (non-hydrogen) atoms. The van der Waals surface area contributed by atoms with Gasteiger partial charge in [-0.1, -0.05) is 42.5 Å². The van der Waals surface area contributed by atoms with Crippen LogP contribution in [0, 0.1) is 5.82 Å². The van der Waals surface area contributed by atoms with Gasteiger partial charge in [0.25, 0.3) is 5.91 Å². The third-order valence-corrected chi connectivity index (χ3v) is 5.31. The smallest absolute Gasteiger partial charge is 0.267 e. The number of carbonyl (C=O) groups is 1. The van der Waals surface area contributed by atoms with Crippen LogP contribution in [0.1, 0.15) is 17.5 Å². The molecule has 0 N–H and O–H groups in total. The van der Waals surface area contributed by atoms with E-state index in [1.54, 1.807) is 30.4 Å². The first-order chi connectivity index (χ1) is 12.1. The number of nitrogens with zero attached hydrogens (tertiary/aromatic N) is 4. The molecule has 1 aliphatic rings. The first-order valence-corrected chi connectivity index (χ1v) is 9.23. The Kier molecular flexibility index (Phi) is 5.40. The van der Waals surface area contributed by atoms with Gasteiger partial charge in [-0.3, -0.25) is 9.69 Å². The fourth-order valence-corrected chi connectivity index (χ4v) is 3.82. The normalized spacial score (nSPS) is 17.7. The Morgan fingerprint density at radius 3 is 2.84 bits per heavy atom. The Morgan fingerprint density at radius 2 is 2.16 bits per heavy atom. The molecule has 1 aromatic carbocycles. The van der Waals surface area contributed by atoms with E-state index < -0.39 is 0 Å². The number of hydrogen-bond donors (Lipinski definition) is 0. The Labute approximate surface area is 153 Å². The van der Waals surface area contributed by atoms with Crippen LogP contribution in [0.3, 0.4) is 0 Å². The van der Waals surface area contributed by atoms with Gasteiger partial charge in [0.2, 0.25) is 5.13 Å². The summed E-state index contributed by atoms with van der Waals surface area (Å²) >= 11 is 2.58. The lowest BCUT2D eigenvalue weighted by atomic mass is 10.2. The van der Waals surface area contributed by atoms with Gasteiger partial charge in [0.15, 0.2) is 5.17 Å². The van der Waals surface area contributed by atoms with E-state index in [1.165, 1.54) is 34.1 Å². The number of carbonyl (C=O) groups excluding carboxylic acids is 1. The molecule has 0 atom stereocenters. The van der Waals surface area contributed by atoms with Crippen LogP contribution in [0.5, 0.6) is 0 Å². The molecule has 0 saturated carbocycles. The maximum absolute atomic E-state index is 13.9. The number of rotatable bonds is 5. The van der Waals surface area contributed by atoms with Gasteiger partial charge >= 0.3 is 0 Å². The van der Waals surface area contributed by atoms with E-state index in [4.69, 9.17) is 0 Å². The molecule has 2 heterocycles. The highest BCUT2D eigenvalue weighted by molar-refractivity contribution is 8.18. The van der Waals surface area contributed by atoms with Crippen molar-refractivity contribution in [3.63, 3.8) is 0 Å². The third-order valence-electron chi connectivity index (χ3n) is 3.34. The molecule has 1 amide bonds. The molecule has 0 aliphatic carbocycles. The molecule has 0 unspecified atom stereocenters. The summed E-state index contributed by atoms with van der Waals surface area (Å²) in [6.45, 7) is 5.99. The van der Waals surface area contributed by atoms with E-state index in [2.05, 4.69) is 21.8 Å². The van der Waals surface area contributed by atoms with Crippen LogP contribution in [-0.4, -0.2) is 32.7 Å².